The lowest BCUT2D eigenvalue weighted by molar-refractivity contribution is 0.0243. The maximum Gasteiger partial charge on any atom is 0.191 e. The first-order valence-electron chi connectivity index (χ1n) is 8.90. The van der Waals surface area contributed by atoms with Crippen molar-refractivity contribution in [3.05, 3.63) is 35.4 Å². The van der Waals surface area contributed by atoms with Crippen molar-refractivity contribution < 1.29 is 9.47 Å². The SMILES string of the molecule is CCCOCc1ccccc1CNC(=NC)NCC1(C)CCCO1. The summed E-state index contributed by atoms with van der Waals surface area (Å²) < 4.78 is 11.5. The van der Waals surface area contributed by atoms with Gasteiger partial charge in [0.25, 0.3) is 0 Å². The number of nitrogens with zero attached hydrogens (tertiary/aromatic N) is 1. The molecule has 1 fully saturated rings. The van der Waals surface area contributed by atoms with E-state index in [2.05, 4.69) is 53.7 Å². The molecule has 5 heteroatoms. The average molecular weight is 333 g/mol. The highest BCUT2D eigenvalue weighted by atomic mass is 16.5. The van der Waals surface area contributed by atoms with Gasteiger partial charge in [-0.15, -0.1) is 0 Å². The van der Waals surface area contributed by atoms with E-state index in [0.717, 1.165) is 51.5 Å². The van der Waals surface area contributed by atoms with Gasteiger partial charge in [0.05, 0.1) is 12.2 Å². The van der Waals surface area contributed by atoms with E-state index in [-0.39, 0.29) is 5.60 Å². The van der Waals surface area contributed by atoms with E-state index in [1.165, 1.54) is 11.1 Å². The maximum atomic E-state index is 5.81. The van der Waals surface area contributed by atoms with Crippen LogP contribution < -0.4 is 10.6 Å². The third kappa shape index (κ3) is 5.80. The summed E-state index contributed by atoms with van der Waals surface area (Å²) in [6.45, 7) is 8.08. The lowest BCUT2D eigenvalue weighted by Gasteiger charge is -2.24. The van der Waals surface area contributed by atoms with E-state index in [4.69, 9.17) is 9.47 Å². The van der Waals surface area contributed by atoms with Gasteiger partial charge < -0.3 is 20.1 Å². The molecule has 1 aromatic rings. The number of hydrogen-bond acceptors (Lipinski definition) is 3. The summed E-state index contributed by atoms with van der Waals surface area (Å²) in [5.41, 5.74) is 2.38. The average Bonchev–Trinajstić information content (AvgIpc) is 3.03. The molecule has 134 valence electrons. The Kier molecular flexibility index (Phi) is 7.53. The normalized spacial score (nSPS) is 21.0. The Labute approximate surface area is 145 Å². The lowest BCUT2D eigenvalue weighted by Crippen LogP contribution is -2.45. The Morgan fingerprint density at radius 3 is 2.75 bits per heavy atom. The molecule has 2 N–H and O–H groups in total. The standard InChI is InChI=1S/C19H31N3O2/c1-4-11-23-14-17-9-6-5-8-16(17)13-21-18(20-3)22-15-19(2)10-7-12-24-19/h5-6,8-9H,4,7,10-15H2,1-3H3,(H2,20,21,22). The highest BCUT2D eigenvalue weighted by Gasteiger charge is 2.29. The minimum absolute atomic E-state index is 0.0798. The summed E-state index contributed by atoms with van der Waals surface area (Å²) in [4.78, 5) is 4.31. The molecule has 5 nitrogen and oxygen atoms in total. The molecule has 0 radical (unpaired) electrons. The summed E-state index contributed by atoms with van der Waals surface area (Å²) in [5, 5.41) is 6.76. The van der Waals surface area contributed by atoms with Crippen LogP contribution in [0.15, 0.2) is 29.3 Å². The molecule has 0 saturated carbocycles. The number of rotatable bonds is 8. The predicted octanol–water partition coefficient (Wildman–Crippen LogP) is 2.85. The molecule has 1 aromatic carbocycles. The highest BCUT2D eigenvalue weighted by molar-refractivity contribution is 5.79. The second kappa shape index (κ2) is 9.64. The van der Waals surface area contributed by atoms with Gasteiger partial charge in [0, 0.05) is 33.4 Å². The van der Waals surface area contributed by atoms with Crippen LogP contribution in [0.25, 0.3) is 0 Å². The summed E-state index contributed by atoms with van der Waals surface area (Å²) in [7, 11) is 1.80. The maximum absolute atomic E-state index is 5.81. The third-order valence-corrected chi connectivity index (χ3v) is 4.32. The molecule has 1 saturated heterocycles. The fraction of sp³-hybridized carbons (Fsp3) is 0.632. The number of guanidine groups is 1. The van der Waals surface area contributed by atoms with Crippen LogP contribution in [0.3, 0.4) is 0 Å². The lowest BCUT2D eigenvalue weighted by atomic mass is 10.0. The zero-order chi connectivity index (χ0) is 17.3. The van der Waals surface area contributed by atoms with Crippen LogP contribution in [-0.2, 0) is 22.6 Å². The van der Waals surface area contributed by atoms with Crippen LogP contribution in [0.1, 0.15) is 44.2 Å². The van der Waals surface area contributed by atoms with Crippen molar-refractivity contribution in [1.29, 1.82) is 0 Å². The molecule has 1 atom stereocenters. The van der Waals surface area contributed by atoms with E-state index >= 15 is 0 Å². The summed E-state index contributed by atoms with van der Waals surface area (Å²) in [6.07, 6.45) is 3.27. The number of hydrogen-bond donors (Lipinski definition) is 2. The minimum atomic E-state index is -0.0798. The molecular weight excluding hydrogens is 302 g/mol. The van der Waals surface area contributed by atoms with Crippen molar-refractivity contribution in [1.82, 2.24) is 10.6 Å². The van der Waals surface area contributed by atoms with Crippen molar-refractivity contribution in [3.63, 3.8) is 0 Å². The Balaban J connectivity index is 1.84. The van der Waals surface area contributed by atoms with Gasteiger partial charge in [-0.2, -0.15) is 0 Å². The largest absolute Gasteiger partial charge is 0.377 e. The highest BCUT2D eigenvalue weighted by Crippen LogP contribution is 2.23. The molecule has 0 aromatic heterocycles. The molecule has 24 heavy (non-hydrogen) atoms. The fourth-order valence-corrected chi connectivity index (χ4v) is 2.84. The molecule has 1 heterocycles. The monoisotopic (exact) mass is 333 g/mol. The first-order valence-corrected chi connectivity index (χ1v) is 8.90. The topological polar surface area (TPSA) is 54.9 Å². The van der Waals surface area contributed by atoms with Crippen LogP contribution in [0.2, 0.25) is 0 Å². The first kappa shape index (κ1) is 18.7. The number of ether oxygens (including phenoxy) is 2. The van der Waals surface area contributed by atoms with Crippen molar-refractivity contribution in [2.75, 3.05) is 26.8 Å². The second-order valence-corrected chi connectivity index (χ2v) is 6.50. The Morgan fingerprint density at radius 2 is 2.08 bits per heavy atom. The van der Waals surface area contributed by atoms with Crippen molar-refractivity contribution in [2.45, 2.75) is 51.9 Å². The van der Waals surface area contributed by atoms with Gasteiger partial charge in [0.15, 0.2) is 5.96 Å². The number of benzene rings is 1. The van der Waals surface area contributed by atoms with Gasteiger partial charge in [-0.1, -0.05) is 31.2 Å². The van der Waals surface area contributed by atoms with Crippen LogP contribution in [0.4, 0.5) is 0 Å². The van der Waals surface area contributed by atoms with Gasteiger partial charge in [0.2, 0.25) is 0 Å². The van der Waals surface area contributed by atoms with Crippen LogP contribution in [0.5, 0.6) is 0 Å². The van der Waals surface area contributed by atoms with Crippen molar-refractivity contribution >= 4 is 5.96 Å². The van der Waals surface area contributed by atoms with Gasteiger partial charge in [0.1, 0.15) is 0 Å². The fourth-order valence-electron chi connectivity index (χ4n) is 2.84. The van der Waals surface area contributed by atoms with Crippen LogP contribution >= 0.6 is 0 Å². The van der Waals surface area contributed by atoms with Gasteiger partial charge in [-0.3, -0.25) is 4.99 Å². The van der Waals surface area contributed by atoms with E-state index in [0.29, 0.717) is 6.61 Å². The van der Waals surface area contributed by atoms with Gasteiger partial charge >= 0.3 is 0 Å². The third-order valence-electron chi connectivity index (χ3n) is 4.32. The summed E-state index contributed by atoms with van der Waals surface area (Å²) in [5.74, 6) is 0.802. The first-order chi connectivity index (χ1) is 11.7. The molecule has 0 spiro atoms. The van der Waals surface area contributed by atoms with Crippen molar-refractivity contribution in [2.24, 2.45) is 4.99 Å². The molecule has 0 bridgehead atoms. The minimum Gasteiger partial charge on any atom is -0.377 e. The second-order valence-electron chi connectivity index (χ2n) is 6.50. The Morgan fingerprint density at radius 1 is 1.29 bits per heavy atom. The molecular formula is C19H31N3O2. The molecule has 1 unspecified atom stereocenters. The van der Waals surface area contributed by atoms with Crippen LogP contribution in [0, 0.1) is 0 Å². The summed E-state index contributed by atoms with van der Waals surface area (Å²) in [6, 6.07) is 8.37. The zero-order valence-corrected chi connectivity index (χ0v) is 15.2. The van der Waals surface area contributed by atoms with E-state index in [1.54, 1.807) is 7.05 Å². The molecule has 0 aliphatic carbocycles. The number of nitrogens with one attached hydrogen (secondary N) is 2. The molecule has 1 aliphatic heterocycles. The van der Waals surface area contributed by atoms with Crippen molar-refractivity contribution in [3.8, 4) is 0 Å². The molecule has 0 amide bonds. The summed E-state index contributed by atoms with van der Waals surface area (Å²) >= 11 is 0. The Bertz CT molecular complexity index is 525. The number of aliphatic imine (C=N–C) groups is 1. The quantitative estimate of drug-likeness (QED) is 0.436. The molecule has 1 aliphatic rings. The van der Waals surface area contributed by atoms with E-state index in [9.17, 15) is 0 Å². The van der Waals surface area contributed by atoms with Crippen LogP contribution in [-0.4, -0.2) is 38.4 Å². The zero-order valence-electron chi connectivity index (χ0n) is 15.2. The Hall–Kier alpha value is -1.59. The smallest absolute Gasteiger partial charge is 0.191 e. The van der Waals surface area contributed by atoms with Gasteiger partial charge in [-0.05, 0) is 37.3 Å². The van der Waals surface area contributed by atoms with Gasteiger partial charge in [-0.25, -0.2) is 0 Å². The molecule has 2 rings (SSSR count). The predicted molar refractivity (Wildman–Crippen MR) is 98.2 cm³/mol. The van der Waals surface area contributed by atoms with E-state index < -0.39 is 0 Å². The van der Waals surface area contributed by atoms with E-state index in [1.807, 2.05) is 0 Å².